The van der Waals surface area contributed by atoms with Gasteiger partial charge in [-0.15, -0.1) is 0 Å². The summed E-state index contributed by atoms with van der Waals surface area (Å²) in [4.78, 5) is 16.4. The number of benzene rings is 2. The van der Waals surface area contributed by atoms with E-state index in [-0.39, 0.29) is 17.3 Å². The first-order valence-corrected chi connectivity index (χ1v) is 12.1. The average molecular weight is 508 g/mol. The van der Waals surface area contributed by atoms with E-state index in [0.717, 1.165) is 15.7 Å². The third-order valence-corrected chi connectivity index (χ3v) is 7.40. The van der Waals surface area contributed by atoms with Crippen LogP contribution in [0.1, 0.15) is 5.56 Å². The largest absolute Gasteiger partial charge is 0.378 e. The van der Waals surface area contributed by atoms with Gasteiger partial charge in [0.25, 0.3) is 5.91 Å². The van der Waals surface area contributed by atoms with Crippen molar-refractivity contribution < 1.29 is 13.2 Å². The minimum absolute atomic E-state index is 0.170. The summed E-state index contributed by atoms with van der Waals surface area (Å²) >= 11 is 3.31. The van der Waals surface area contributed by atoms with Crippen molar-refractivity contribution in [1.82, 2.24) is 14.6 Å². The molecular formula is C21H26BrN5O3S. The van der Waals surface area contributed by atoms with Crippen LogP contribution in [0.5, 0.6) is 0 Å². The SMILES string of the molecule is CN(C)c1ccc(C=NNC(=O)CN2CCN(S(=O)(=O)c3ccc(Br)cc3)CC2)cc1. The molecular weight excluding hydrogens is 482 g/mol. The second-order valence-electron chi connectivity index (χ2n) is 7.41. The van der Waals surface area contributed by atoms with Gasteiger partial charge in [0.2, 0.25) is 10.0 Å². The molecule has 10 heteroatoms. The van der Waals surface area contributed by atoms with E-state index >= 15 is 0 Å². The van der Waals surface area contributed by atoms with Gasteiger partial charge in [-0.1, -0.05) is 28.1 Å². The average Bonchev–Trinajstić information content (AvgIpc) is 2.75. The summed E-state index contributed by atoms with van der Waals surface area (Å²) in [7, 11) is 0.418. The minimum Gasteiger partial charge on any atom is -0.378 e. The maximum absolute atomic E-state index is 12.8. The Morgan fingerprint density at radius 1 is 1.06 bits per heavy atom. The number of amides is 1. The number of halogens is 1. The summed E-state index contributed by atoms with van der Waals surface area (Å²) in [6.07, 6.45) is 1.60. The summed E-state index contributed by atoms with van der Waals surface area (Å²) < 4.78 is 27.8. The maximum atomic E-state index is 12.8. The highest BCUT2D eigenvalue weighted by atomic mass is 79.9. The molecule has 1 aliphatic heterocycles. The molecule has 1 N–H and O–H groups in total. The number of nitrogens with zero attached hydrogens (tertiary/aromatic N) is 4. The predicted octanol–water partition coefficient (Wildman–Crippen LogP) is 1.97. The number of hydrogen-bond acceptors (Lipinski definition) is 6. The first kappa shape index (κ1) is 23.4. The Bertz CT molecular complexity index is 1020. The molecule has 1 saturated heterocycles. The van der Waals surface area contributed by atoms with E-state index in [1.165, 1.54) is 4.31 Å². The molecule has 0 radical (unpaired) electrons. The van der Waals surface area contributed by atoms with Crippen molar-refractivity contribution in [3.8, 4) is 0 Å². The van der Waals surface area contributed by atoms with Gasteiger partial charge in [0.15, 0.2) is 0 Å². The molecule has 2 aromatic rings. The number of hydrogen-bond donors (Lipinski definition) is 1. The molecule has 0 aliphatic carbocycles. The van der Waals surface area contributed by atoms with Gasteiger partial charge in [-0.3, -0.25) is 9.69 Å². The zero-order valence-corrected chi connectivity index (χ0v) is 19.9. The van der Waals surface area contributed by atoms with Crippen molar-refractivity contribution in [1.29, 1.82) is 0 Å². The summed E-state index contributed by atoms with van der Waals surface area (Å²) in [6, 6.07) is 14.4. The van der Waals surface area contributed by atoms with E-state index in [1.54, 1.807) is 30.5 Å². The number of piperazine rings is 1. The molecule has 1 heterocycles. The molecule has 31 heavy (non-hydrogen) atoms. The molecule has 1 fully saturated rings. The van der Waals surface area contributed by atoms with Crippen molar-refractivity contribution in [2.24, 2.45) is 5.10 Å². The van der Waals surface area contributed by atoms with Crippen molar-refractivity contribution in [2.75, 3.05) is 51.7 Å². The van der Waals surface area contributed by atoms with Gasteiger partial charge in [-0.25, -0.2) is 13.8 Å². The second-order valence-corrected chi connectivity index (χ2v) is 10.3. The van der Waals surface area contributed by atoms with Crippen molar-refractivity contribution >= 4 is 43.8 Å². The van der Waals surface area contributed by atoms with Crippen LogP contribution in [0.3, 0.4) is 0 Å². The van der Waals surface area contributed by atoms with Crippen molar-refractivity contribution in [2.45, 2.75) is 4.90 Å². The Morgan fingerprint density at radius 3 is 2.26 bits per heavy atom. The lowest BCUT2D eigenvalue weighted by atomic mass is 10.2. The fourth-order valence-electron chi connectivity index (χ4n) is 3.16. The van der Waals surface area contributed by atoms with Crippen LogP contribution in [0.2, 0.25) is 0 Å². The highest BCUT2D eigenvalue weighted by Gasteiger charge is 2.28. The molecule has 0 unspecified atom stereocenters. The third-order valence-electron chi connectivity index (χ3n) is 4.96. The van der Waals surface area contributed by atoms with E-state index in [9.17, 15) is 13.2 Å². The van der Waals surface area contributed by atoms with E-state index in [0.29, 0.717) is 26.2 Å². The second kappa shape index (κ2) is 10.4. The monoisotopic (exact) mass is 507 g/mol. The van der Waals surface area contributed by atoms with E-state index in [4.69, 9.17) is 0 Å². The van der Waals surface area contributed by atoms with E-state index in [1.807, 2.05) is 48.2 Å². The molecule has 166 valence electrons. The Morgan fingerprint density at radius 2 is 1.68 bits per heavy atom. The van der Waals surface area contributed by atoms with Crippen LogP contribution in [0.4, 0.5) is 5.69 Å². The molecule has 0 saturated carbocycles. The highest BCUT2D eigenvalue weighted by molar-refractivity contribution is 9.10. The molecule has 0 bridgehead atoms. The first-order chi connectivity index (χ1) is 14.8. The van der Waals surface area contributed by atoms with Crippen LogP contribution < -0.4 is 10.3 Å². The molecule has 0 spiro atoms. The van der Waals surface area contributed by atoms with Crippen molar-refractivity contribution in [3.63, 3.8) is 0 Å². The zero-order valence-electron chi connectivity index (χ0n) is 17.5. The normalized spacial score (nSPS) is 15.8. The van der Waals surface area contributed by atoms with E-state index in [2.05, 4.69) is 26.5 Å². The quantitative estimate of drug-likeness (QED) is 0.457. The van der Waals surface area contributed by atoms with Crippen LogP contribution in [0, 0.1) is 0 Å². The molecule has 8 nitrogen and oxygen atoms in total. The van der Waals surface area contributed by atoms with Crippen LogP contribution in [-0.4, -0.2) is 76.6 Å². The lowest BCUT2D eigenvalue weighted by Crippen LogP contribution is -2.50. The maximum Gasteiger partial charge on any atom is 0.254 e. The summed E-state index contributed by atoms with van der Waals surface area (Å²) in [5.41, 5.74) is 4.50. The number of sulfonamides is 1. The molecule has 0 atom stereocenters. The Labute approximate surface area is 191 Å². The lowest BCUT2D eigenvalue weighted by Gasteiger charge is -2.33. The molecule has 1 amide bonds. The fourth-order valence-corrected chi connectivity index (χ4v) is 4.85. The Kier molecular flexibility index (Phi) is 7.82. The number of carbonyl (C=O) groups is 1. The van der Waals surface area contributed by atoms with Gasteiger partial charge in [-0.2, -0.15) is 9.41 Å². The van der Waals surface area contributed by atoms with Crippen LogP contribution in [0.25, 0.3) is 0 Å². The standard InChI is InChI=1S/C21H26BrN5O3S/c1-25(2)19-7-3-17(4-8-19)15-23-24-21(28)16-26-11-13-27(14-12-26)31(29,30)20-9-5-18(22)6-10-20/h3-10,15H,11-14,16H2,1-2H3,(H,24,28). The van der Waals surface area contributed by atoms with Gasteiger partial charge in [0, 0.05) is 50.4 Å². The van der Waals surface area contributed by atoms with Gasteiger partial charge in [0.05, 0.1) is 17.7 Å². The first-order valence-electron chi connectivity index (χ1n) is 9.83. The van der Waals surface area contributed by atoms with Gasteiger partial charge in [-0.05, 0) is 42.0 Å². The van der Waals surface area contributed by atoms with Gasteiger partial charge >= 0.3 is 0 Å². The topological polar surface area (TPSA) is 85.3 Å². The van der Waals surface area contributed by atoms with Crippen LogP contribution in [0.15, 0.2) is 63.0 Å². The smallest absolute Gasteiger partial charge is 0.254 e. The third kappa shape index (κ3) is 6.36. The minimum atomic E-state index is -3.53. The number of carbonyl (C=O) groups excluding carboxylic acids is 1. The lowest BCUT2D eigenvalue weighted by molar-refractivity contribution is -0.122. The Hall–Kier alpha value is -2.27. The van der Waals surface area contributed by atoms with Gasteiger partial charge < -0.3 is 4.90 Å². The molecule has 1 aliphatic rings. The molecule has 3 rings (SSSR count). The number of hydrazone groups is 1. The van der Waals surface area contributed by atoms with E-state index < -0.39 is 10.0 Å². The van der Waals surface area contributed by atoms with Crippen molar-refractivity contribution in [3.05, 3.63) is 58.6 Å². The molecule has 0 aromatic heterocycles. The Balaban J connectivity index is 1.46. The van der Waals surface area contributed by atoms with Crippen LogP contribution in [-0.2, 0) is 14.8 Å². The summed E-state index contributed by atoms with van der Waals surface area (Å²) in [5.74, 6) is -0.231. The predicted molar refractivity (Wildman–Crippen MR) is 126 cm³/mol. The summed E-state index contributed by atoms with van der Waals surface area (Å²) in [6.45, 7) is 1.82. The zero-order chi connectivity index (χ0) is 22.4. The number of nitrogens with one attached hydrogen (secondary N) is 1. The van der Waals surface area contributed by atoms with Crippen LogP contribution >= 0.6 is 15.9 Å². The molecule has 2 aromatic carbocycles. The number of anilines is 1. The summed E-state index contributed by atoms with van der Waals surface area (Å²) in [5, 5.41) is 4.01. The van der Waals surface area contributed by atoms with Gasteiger partial charge in [0.1, 0.15) is 0 Å². The fraction of sp³-hybridized carbons (Fsp3) is 0.333. The number of rotatable bonds is 7. The highest BCUT2D eigenvalue weighted by Crippen LogP contribution is 2.20.